The van der Waals surface area contributed by atoms with Crippen LogP contribution >= 0.6 is 0 Å². The Bertz CT molecular complexity index is 411. The molecule has 0 saturated heterocycles. The lowest BCUT2D eigenvalue weighted by atomic mass is 10.2. The van der Waals surface area contributed by atoms with E-state index in [0.29, 0.717) is 18.5 Å². The van der Waals surface area contributed by atoms with Crippen LogP contribution in [0.15, 0.2) is 29.3 Å². The van der Waals surface area contributed by atoms with Crippen molar-refractivity contribution >= 4 is 5.96 Å². The number of benzene rings is 1. The van der Waals surface area contributed by atoms with Crippen molar-refractivity contribution in [3.8, 4) is 5.75 Å². The van der Waals surface area contributed by atoms with Crippen molar-refractivity contribution in [1.29, 1.82) is 0 Å². The van der Waals surface area contributed by atoms with Gasteiger partial charge in [0.2, 0.25) is 0 Å². The average molecular weight is 247 g/mol. The first-order valence-electron chi connectivity index (χ1n) is 6.48. The smallest absolute Gasteiger partial charge is 0.189 e. The van der Waals surface area contributed by atoms with Gasteiger partial charge in [-0.3, -0.25) is 0 Å². The highest BCUT2D eigenvalue weighted by atomic mass is 16.5. The second kappa shape index (κ2) is 6.28. The molecule has 0 radical (unpaired) electrons. The average Bonchev–Trinajstić information content (AvgIpc) is 2.89. The van der Waals surface area contributed by atoms with Crippen molar-refractivity contribution in [2.75, 3.05) is 7.11 Å². The predicted molar refractivity (Wildman–Crippen MR) is 73.7 cm³/mol. The monoisotopic (exact) mass is 247 g/mol. The van der Waals surface area contributed by atoms with Gasteiger partial charge in [-0.1, -0.05) is 31.0 Å². The fourth-order valence-corrected chi connectivity index (χ4v) is 2.33. The number of nitrogens with two attached hydrogens (primary N) is 1. The highest BCUT2D eigenvalue weighted by Crippen LogP contribution is 2.19. The summed E-state index contributed by atoms with van der Waals surface area (Å²) in [6.07, 6.45) is 4.98. The maximum absolute atomic E-state index is 5.89. The summed E-state index contributed by atoms with van der Waals surface area (Å²) in [4.78, 5) is 4.37. The topological polar surface area (TPSA) is 59.6 Å². The molecule has 0 amide bonds. The largest absolute Gasteiger partial charge is 0.496 e. The number of aliphatic imine (C=N–C) groups is 1. The molecule has 1 saturated carbocycles. The van der Waals surface area contributed by atoms with Gasteiger partial charge < -0.3 is 15.8 Å². The van der Waals surface area contributed by atoms with Crippen LogP contribution in [0.3, 0.4) is 0 Å². The Kier molecular flexibility index (Phi) is 4.45. The van der Waals surface area contributed by atoms with Crippen LogP contribution in [-0.4, -0.2) is 19.1 Å². The van der Waals surface area contributed by atoms with Crippen LogP contribution in [0.5, 0.6) is 5.75 Å². The van der Waals surface area contributed by atoms with Crippen molar-refractivity contribution in [3.05, 3.63) is 29.8 Å². The zero-order valence-electron chi connectivity index (χ0n) is 10.9. The molecule has 1 fully saturated rings. The van der Waals surface area contributed by atoms with E-state index in [1.54, 1.807) is 7.11 Å². The van der Waals surface area contributed by atoms with Crippen molar-refractivity contribution in [3.63, 3.8) is 0 Å². The molecule has 4 nitrogen and oxygen atoms in total. The first kappa shape index (κ1) is 12.7. The normalized spacial score (nSPS) is 16.8. The number of guanidine groups is 1. The lowest BCUT2D eigenvalue weighted by molar-refractivity contribution is 0.410. The van der Waals surface area contributed by atoms with E-state index in [-0.39, 0.29) is 0 Å². The number of ether oxygens (including phenoxy) is 1. The fourth-order valence-electron chi connectivity index (χ4n) is 2.33. The highest BCUT2D eigenvalue weighted by molar-refractivity contribution is 5.78. The summed E-state index contributed by atoms with van der Waals surface area (Å²) < 4.78 is 5.28. The van der Waals surface area contributed by atoms with E-state index in [9.17, 15) is 0 Å². The number of methoxy groups -OCH3 is 1. The maximum atomic E-state index is 5.89. The zero-order valence-corrected chi connectivity index (χ0v) is 10.9. The summed E-state index contributed by atoms with van der Waals surface area (Å²) in [6.45, 7) is 0.551. The summed E-state index contributed by atoms with van der Waals surface area (Å²) in [6, 6.07) is 8.38. The van der Waals surface area contributed by atoms with Gasteiger partial charge in [-0.15, -0.1) is 0 Å². The van der Waals surface area contributed by atoms with E-state index in [0.717, 1.165) is 11.3 Å². The molecule has 1 aliphatic rings. The number of hydrogen-bond donors (Lipinski definition) is 2. The van der Waals surface area contributed by atoms with Gasteiger partial charge in [0.1, 0.15) is 5.75 Å². The van der Waals surface area contributed by atoms with E-state index in [4.69, 9.17) is 10.5 Å². The summed E-state index contributed by atoms with van der Waals surface area (Å²) in [7, 11) is 1.67. The van der Waals surface area contributed by atoms with Gasteiger partial charge in [0, 0.05) is 11.6 Å². The molecular formula is C14H21N3O. The minimum absolute atomic E-state index is 0.506. The Morgan fingerprint density at radius 2 is 2.11 bits per heavy atom. The lowest BCUT2D eigenvalue weighted by Gasteiger charge is -2.12. The molecule has 0 unspecified atom stereocenters. The highest BCUT2D eigenvalue weighted by Gasteiger charge is 2.14. The lowest BCUT2D eigenvalue weighted by Crippen LogP contribution is -2.38. The predicted octanol–water partition coefficient (Wildman–Crippen LogP) is 2.04. The number of nitrogens with one attached hydrogen (secondary N) is 1. The molecule has 0 heterocycles. The van der Waals surface area contributed by atoms with Crippen LogP contribution in [0.4, 0.5) is 0 Å². The Hall–Kier alpha value is -1.71. The Morgan fingerprint density at radius 1 is 1.39 bits per heavy atom. The molecule has 0 bridgehead atoms. The van der Waals surface area contributed by atoms with Gasteiger partial charge in [-0.05, 0) is 18.9 Å². The van der Waals surface area contributed by atoms with Crippen molar-refractivity contribution < 1.29 is 4.74 Å². The van der Waals surface area contributed by atoms with Gasteiger partial charge in [0.25, 0.3) is 0 Å². The van der Waals surface area contributed by atoms with Gasteiger partial charge in [-0.2, -0.15) is 0 Å². The Labute approximate surface area is 108 Å². The minimum Gasteiger partial charge on any atom is -0.496 e. The third-order valence-electron chi connectivity index (χ3n) is 3.32. The fraction of sp³-hybridized carbons (Fsp3) is 0.500. The molecule has 2 rings (SSSR count). The van der Waals surface area contributed by atoms with E-state index in [2.05, 4.69) is 10.3 Å². The van der Waals surface area contributed by atoms with Crippen molar-refractivity contribution in [2.24, 2.45) is 10.7 Å². The van der Waals surface area contributed by atoms with Gasteiger partial charge in [-0.25, -0.2) is 4.99 Å². The standard InChI is InChI=1S/C14H21N3O/c1-18-13-9-5-2-6-11(13)10-16-14(15)17-12-7-3-4-8-12/h2,5-6,9,12H,3-4,7-8,10H2,1H3,(H3,15,16,17). The van der Waals surface area contributed by atoms with Crippen molar-refractivity contribution in [2.45, 2.75) is 38.3 Å². The van der Waals surface area contributed by atoms with E-state index in [1.165, 1.54) is 25.7 Å². The summed E-state index contributed by atoms with van der Waals surface area (Å²) in [5.74, 6) is 1.39. The SMILES string of the molecule is COc1ccccc1CN=C(N)NC1CCCC1. The number of para-hydroxylation sites is 1. The van der Waals surface area contributed by atoms with Crippen molar-refractivity contribution in [1.82, 2.24) is 5.32 Å². The molecule has 0 aliphatic heterocycles. The molecule has 0 spiro atoms. The molecule has 1 aromatic carbocycles. The molecular weight excluding hydrogens is 226 g/mol. The second-order valence-corrected chi connectivity index (χ2v) is 4.64. The first-order valence-corrected chi connectivity index (χ1v) is 6.48. The molecule has 1 aromatic rings. The first-order chi connectivity index (χ1) is 8.79. The van der Waals surface area contributed by atoms with Gasteiger partial charge >= 0.3 is 0 Å². The van der Waals surface area contributed by atoms with Gasteiger partial charge in [0.15, 0.2) is 5.96 Å². The van der Waals surface area contributed by atoms with E-state index >= 15 is 0 Å². The van der Waals surface area contributed by atoms with Crippen LogP contribution in [0.2, 0.25) is 0 Å². The summed E-state index contributed by atoms with van der Waals surface area (Å²) in [5.41, 5.74) is 6.94. The molecule has 4 heteroatoms. The van der Waals surface area contributed by atoms with Gasteiger partial charge in [0.05, 0.1) is 13.7 Å². The molecule has 3 N–H and O–H groups in total. The van der Waals surface area contributed by atoms with Crippen LogP contribution in [0, 0.1) is 0 Å². The van der Waals surface area contributed by atoms with E-state index in [1.807, 2.05) is 24.3 Å². The number of hydrogen-bond acceptors (Lipinski definition) is 2. The van der Waals surface area contributed by atoms with E-state index < -0.39 is 0 Å². The number of nitrogens with zero attached hydrogens (tertiary/aromatic N) is 1. The Balaban J connectivity index is 1.92. The zero-order chi connectivity index (χ0) is 12.8. The quantitative estimate of drug-likeness (QED) is 0.632. The molecule has 1 aliphatic carbocycles. The second-order valence-electron chi connectivity index (χ2n) is 4.64. The molecule has 0 aromatic heterocycles. The van der Waals surface area contributed by atoms with Crippen LogP contribution in [0.1, 0.15) is 31.2 Å². The Morgan fingerprint density at radius 3 is 2.83 bits per heavy atom. The number of rotatable bonds is 4. The molecule has 18 heavy (non-hydrogen) atoms. The van der Waals surface area contributed by atoms with Crippen LogP contribution in [-0.2, 0) is 6.54 Å². The third kappa shape index (κ3) is 3.39. The van der Waals surface area contributed by atoms with Crippen LogP contribution < -0.4 is 15.8 Å². The van der Waals surface area contributed by atoms with Crippen LogP contribution in [0.25, 0.3) is 0 Å². The maximum Gasteiger partial charge on any atom is 0.189 e. The summed E-state index contributed by atoms with van der Waals surface area (Å²) in [5, 5.41) is 3.27. The third-order valence-corrected chi connectivity index (χ3v) is 3.32. The summed E-state index contributed by atoms with van der Waals surface area (Å²) >= 11 is 0. The minimum atomic E-state index is 0.506. The molecule has 98 valence electrons. The molecule has 0 atom stereocenters.